The van der Waals surface area contributed by atoms with Gasteiger partial charge in [0.1, 0.15) is 0 Å². The maximum absolute atomic E-state index is 13.5. The second kappa shape index (κ2) is 9.25. The molecule has 0 bridgehead atoms. The van der Waals surface area contributed by atoms with Gasteiger partial charge in [-0.3, -0.25) is 0 Å². The first-order valence-corrected chi connectivity index (χ1v) is 12.6. The van der Waals surface area contributed by atoms with E-state index in [4.69, 9.17) is 9.29 Å². The van der Waals surface area contributed by atoms with Gasteiger partial charge in [0.15, 0.2) is 20.9 Å². The minimum atomic E-state index is -4.84. The molecule has 3 rings (SSSR count). The van der Waals surface area contributed by atoms with Gasteiger partial charge in [0, 0.05) is 6.61 Å². The molecule has 1 N–H and O–H groups in total. The Bertz CT molecular complexity index is 1190. The largest absolute Gasteiger partial charge is 0.416 e. The minimum Gasteiger partial charge on any atom is -0.373 e. The molecule has 5 nitrogen and oxygen atoms in total. The van der Waals surface area contributed by atoms with E-state index < -0.39 is 71.5 Å². The second-order valence-electron chi connectivity index (χ2n) is 8.17. The molecule has 2 aromatic rings. The highest BCUT2D eigenvalue weighted by Gasteiger charge is 2.46. The van der Waals surface area contributed by atoms with Crippen molar-refractivity contribution in [2.45, 2.75) is 53.6 Å². The third-order valence-corrected chi connectivity index (χ3v) is 8.88. The number of ether oxygens (including phenoxy) is 1. The van der Waals surface area contributed by atoms with Crippen molar-refractivity contribution in [1.29, 1.82) is 0 Å². The van der Waals surface area contributed by atoms with Gasteiger partial charge in [0.05, 0.1) is 32.6 Å². The molecule has 3 unspecified atom stereocenters. The highest BCUT2D eigenvalue weighted by Crippen LogP contribution is 2.44. The summed E-state index contributed by atoms with van der Waals surface area (Å²) in [6.07, 6.45) is -11.1. The smallest absolute Gasteiger partial charge is 0.373 e. The molecule has 1 saturated heterocycles. The van der Waals surface area contributed by atoms with Crippen molar-refractivity contribution in [2.24, 2.45) is 0 Å². The first kappa shape index (κ1) is 26.6. The Morgan fingerprint density at radius 3 is 2.35 bits per heavy atom. The van der Waals surface area contributed by atoms with E-state index in [-0.39, 0.29) is 25.0 Å². The van der Waals surface area contributed by atoms with Crippen molar-refractivity contribution in [3.05, 3.63) is 64.7 Å². The normalized spacial score (nSPS) is 23.0. The summed E-state index contributed by atoms with van der Waals surface area (Å²) in [6, 6.07) is 6.34. The van der Waals surface area contributed by atoms with Crippen LogP contribution in [0.25, 0.3) is 0 Å². The van der Waals surface area contributed by atoms with Crippen LogP contribution in [0.1, 0.15) is 48.1 Å². The van der Waals surface area contributed by atoms with Crippen LogP contribution in [-0.4, -0.2) is 28.5 Å². The molecule has 1 aliphatic heterocycles. The van der Waals surface area contributed by atoms with Crippen molar-refractivity contribution in [2.75, 3.05) is 6.61 Å². The van der Waals surface area contributed by atoms with E-state index in [1.165, 1.54) is 13.0 Å². The summed E-state index contributed by atoms with van der Waals surface area (Å²) in [7, 11) is -4.32. The molecule has 188 valence electrons. The number of halogens is 6. The zero-order chi connectivity index (χ0) is 25.5. The Balaban J connectivity index is 1.98. The SMILES string of the molecule is CC1(S(=O)(=O)c2cccc(C(F)(F)F)c2)CCOC(c2ccc(CS(=O)O)c(C(F)(F)F)c2)C1. The summed E-state index contributed by atoms with van der Waals surface area (Å²) < 4.78 is 130. The van der Waals surface area contributed by atoms with Gasteiger partial charge in [-0.15, -0.1) is 0 Å². The Hall–Kier alpha value is -1.96. The molecular formula is C21H20F6O5S2. The van der Waals surface area contributed by atoms with Gasteiger partial charge in [-0.25, -0.2) is 12.6 Å². The van der Waals surface area contributed by atoms with Gasteiger partial charge in [-0.2, -0.15) is 26.3 Å². The molecule has 0 aromatic heterocycles. The van der Waals surface area contributed by atoms with Crippen LogP contribution in [0.5, 0.6) is 0 Å². The number of hydrogen-bond acceptors (Lipinski definition) is 4. The standard InChI is InChI=1S/C21H20F6O5S2/c1-19(34(30,31)16-4-2-3-15(10-16)20(22,23)24)7-8-32-18(11-19)13-5-6-14(12-33(28)29)17(9-13)21(25,26)27/h2-6,9-10,18H,7-8,11-12H2,1H3,(H,28,29). The molecule has 2 aromatic carbocycles. The van der Waals surface area contributed by atoms with Crippen LogP contribution in [0, 0.1) is 0 Å². The Morgan fingerprint density at radius 1 is 1.09 bits per heavy atom. The maximum Gasteiger partial charge on any atom is 0.416 e. The van der Waals surface area contributed by atoms with Gasteiger partial charge in [-0.1, -0.05) is 18.2 Å². The van der Waals surface area contributed by atoms with E-state index in [1.54, 1.807) is 0 Å². The van der Waals surface area contributed by atoms with E-state index in [1.807, 2.05) is 0 Å². The summed E-state index contributed by atoms with van der Waals surface area (Å²) >= 11 is -2.52. The van der Waals surface area contributed by atoms with Gasteiger partial charge in [0.25, 0.3) is 0 Å². The number of sulfone groups is 1. The molecule has 0 amide bonds. The number of benzene rings is 2. The molecule has 13 heteroatoms. The fourth-order valence-corrected chi connectivity index (χ4v) is 6.22. The second-order valence-corrected chi connectivity index (χ2v) is 11.6. The van der Waals surface area contributed by atoms with Gasteiger partial charge in [-0.05, 0) is 55.2 Å². The quantitative estimate of drug-likeness (QED) is 0.406. The average Bonchev–Trinajstić information content (AvgIpc) is 2.72. The Labute approximate surface area is 194 Å². The summed E-state index contributed by atoms with van der Waals surface area (Å²) in [4.78, 5) is -0.540. The van der Waals surface area contributed by atoms with Crippen LogP contribution < -0.4 is 0 Å². The molecule has 0 aliphatic carbocycles. The summed E-state index contributed by atoms with van der Waals surface area (Å²) in [5.74, 6) is -0.748. The lowest BCUT2D eigenvalue weighted by atomic mass is 9.91. The van der Waals surface area contributed by atoms with E-state index >= 15 is 0 Å². The molecule has 34 heavy (non-hydrogen) atoms. The number of alkyl halides is 6. The average molecular weight is 531 g/mol. The molecule has 3 atom stereocenters. The summed E-state index contributed by atoms with van der Waals surface area (Å²) in [5, 5.41) is 0. The van der Waals surface area contributed by atoms with E-state index in [9.17, 15) is 39.0 Å². The first-order valence-electron chi connectivity index (χ1n) is 9.85. The minimum absolute atomic E-state index is 0.00460. The summed E-state index contributed by atoms with van der Waals surface area (Å²) in [6.45, 7) is 1.18. The third kappa shape index (κ3) is 5.47. The van der Waals surface area contributed by atoms with Crippen LogP contribution in [0.4, 0.5) is 26.3 Å². The number of rotatable bonds is 5. The zero-order valence-corrected chi connectivity index (χ0v) is 19.2. The van der Waals surface area contributed by atoms with Crippen molar-refractivity contribution in [1.82, 2.24) is 0 Å². The van der Waals surface area contributed by atoms with Crippen LogP contribution in [0.15, 0.2) is 47.4 Å². The van der Waals surface area contributed by atoms with E-state index in [0.29, 0.717) is 6.07 Å². The molecular weight excluding hydrogens is 510 g/mol. The van der Waals surface area contributed by atoms with E-state index in [2.05, 4.69) is 0 Å². The molecule has 0 spiro atoms. The lowest BCUT2D eigenvalue weighted by molar-refractivity contribution is -0.138. The molecule has 0 radical (unpaired) electrons. The summed E-state index contributed by atoms with van der Waals surface area (Å²) in [5.41, 5.74) is -2.69. The van der Waals surface area contributed by atoms with Crippen LogP contribution in [0.2, 0.25) is 0 Å². The lowest BCUT2D eigenvalue weighted by Gasteiger charge is -2.38. The fraction of sp³-hybridized carbons (Fsp3) is 0.429. The monoisotopic (exact) mass is 530 g/mol. The predicted octanol–water partition coefficient (Wildman–Crippen LogP) is 5.53. The molecule has 0 saturated carbocycles. The van der Waals surface area contributed by atoms with Gasteiger partial charge >= 0.3 is 12.4 Å². The van der Waals surface area contributed by atoms with Crippen molar-refractivity contribution < 1.29 is 48.3 Å². The lowest BCUT2D eigenvalue weighted by Crippen LogP contribution is -2.42. The molecule has 1 fully saturated rings. The predicted molar refractivity (Wildman–Crippen MR) is 111 cm³/mol. The highest BCUT2D eigenvalue weighted by molar-refractivity contribution is 7.92. The molecule has 1 aliphatic rings. The zero-order valence-electron chi connectivity index (χ0n) is 17.6. The number of hydrogen-bond donors (Lipinski definition) is 1. The van der Waals surface area contributed by atoms with Crippen molar-refractivity contribution in [3.8, 4) is 0 Å². The van der Waals surface area contributed by atoms with Crippen LogP contribution >= 0.6 is 0 Å². The van der Waals surface area contributed by atoms with Crippen molar-refractivity contribution >= 4 is 20.9 Å². The third-order valence-electron chi connectivity index (χ3n) is 5.78. The van der Waals surface area contributed by atoms with E-state index in [0.717, 1.165) is 30.3 Å². The molecule has 1 heterocycles. The first-order chi connectivity index (χ1) is 15.5. The topological polar surface area (TPSA) is 80.7 Å². The van der Waals surface area contributed by atoms with Gasteiger partial charge in [0.2, 0.25) is 0 Å². The van der Waals surface area contributed by atoms with Crippen LogP contribution in [0.3, 0.4) is 0 Å². The Morgan fingerprint density at radius 2 is 1.76 bits per heavy atom. The van der Waals surface area contributed by atoms with Crippen LogP contribution in [-0.2, 0) is 43.8 Å². The Kier molecular flexibility index (Phi) is 7.25. The van der Waals surface area contributed by atoms with Gasteiger partial charge < -0.3 is 9.29 Å². The maximum atomic E-state index is 13.5. The highest BCUT2D eigenvalue weighted by atomic mass is 32.2. The fourth-order valence-electron chi connectivity index (χ4n) is 3.87. The van der Waals surface area contributed by atoms with Crippen molar-refractivity contribution in [3.63, 3.8) is 0 Å².